The molecule has 1 aliphatic rings. The maximum atomic E-state index is 5.43. The molecule has 0 aliphatic heterocycles. The zero-order valence-electron chi connectivity index (χ0n) is 14.0. The average Bonchev–Trinajstić information content (AvgIpc) is 3.38. The molecule has 1 atom stereocenters. The standard InChI is InChI=1S/C21H16N4O/c1-2-6-15(7-3-1)21(19-8-4-5-11-23-19)10-9-16-17(12-21)24-25-20(16)18-13-22-14-26-18/h1-11,13-14H,12H2,(H,24,25). The zero-order valence-corrected chi connectivity index (χ0v) is 14.0. The van der Waals surface area contributed by atoms with Crippen LogP contribution in [0, 0.1) is 0 Å². The number of nitrogens with one attached hydrogen (secondary N) is 1. The Morgan fingerprint density at radius 3 is 2.69 bits per heavy atom. The van der Waals surface area contributed by atoms with E-state index < -0.39 is 0 Å². The molecule has 5 heteroatoms. The predicted octanol–water partition coefficient (Wildman–Crippen LogP) is 4.02. The van der Waals surface area contributed by atoms with Crippen LogP contribution in [0.3, 0.4) is 0 Å². The van der Waals surface area contributed by atoms with Crippen LogP contribution in [0.15, 0.2) is 77.8 Å². The van der Waals surface area contributed by atoms with Gasteiger partial charge in [-0.3, -0.25) is 10.1 Å². The Bertz CT molecular complexity index is 1010. The van der Waals surface area contributed by atoms with Gasteiger partial charge >= 0.3 is 0 Å². The Labute approximate surface area is 150 Å². The summed E-state index contributed by atoms with van der Waals surface area (Å²) < 4.78 is 5.43. The van der Waals surface area contributed by atoms with Crippen LogP contribution >= 0.6 is 0 Å². The summed E-state index contributed by atoms with van der Waals surface area (Å²) in [4.78, 5) is 8.66. The smallest absolute Gasteiger partial charge is 0.181 e. The molecule has 0 bridgehead atoms. The lowest BCUT2D eigenvalue weighted by Crippen LogP contribution is -2.31. The summed E-state index contributed by atoms with van der Waals surface area (Å²) in [6.07, 6.45) is 10.0. The molecule has 1 aromatic carbocycles. The van der Waals surface area contributed by atoms with Crippen LogP contribution in [-0.4, -0.2) is 20.2 Å². The molecule has 5 rings (SSSR count). The topological polar surface area (TPSA) is 67.6 Å². The molecule has 5 nitrogen and oxygen atoms in total. The van der Waals surface area contributed by atoms with Crippen molar-refractivity contribution in [1.82, 2.24) is 20.2 Å². The van der Waals surface area contributed by atoms with E-state index in [0.717, 1.165) is 29.1 Å². The second-order valence-electron chi connectivity index (χ2n) is 6.39. The second-order valence-corrected chi connectivity index (χ2v) is 6.39. The normalized spacial score (nSPS) is 18.6. The van der Waals surface area contributed by atoms with Gasteiger partial charge in [-0.05, 0) is 17.7 Å². The van der Waals surface area contributed by atoms with Gasteiger partial charge in [-0.15, -0.1) is 0 Å². The lowest BCUT2D eigenvalue weighted by molar-refractivity contribution is 0.569. The summed E-state index contributed by atoms with van der Waals surface area (Å²) >= 11 is 0. The van der Waals surface area contributed by atoms with Gasteiger partial charge in [0.25, 0.3) is 0 Å². The van der Waals surface area contributed by atoms with Crippen molar-refractivity contribution in [2.45, 2.75) is 11.8 Å². The van der Waals surface area contributed by atoms with Crippen LogP contribution in [0.25, 0.3) is 17.5 Å². The van der Waals surface area contributed by atoms with E-state index >= 15 is 0 Å². The van der Waals surface area contributed by atoms with Gasteiger partial charge < -0.3 is 4.42 Å². The van der Waals surface area contributed by atoms with Crippen molar-refractivity contribution in [1.29, 1.82) is 0 Å². The minimum atomic E-state index is -0.333. The molecule has 0 spiro atoms. The first-order chi connectivity index (χ1) is 12.9. The number of rotatable bonds is 3. The molecule has 3 heterocycles. The molecular weight excluding hydrogens is 324 g/mol. The number of aromatic amines is 1. The van der Waals surface area contributed by atoms with Gasteiger partial charge in [0.15, 0.2) is 12.2 Å². The quantitative estimate of drug-likeness (QED) is 0.612. The summed E-state index contributed by atoms with van der Waals surface area (Å²) in [5.41, 5.74) is 4.79. The maximum absolute atomic E-state index is 5.43. The number of benzene rings is 1. The van der Waals surface area contributed by atoms with Gasteiger partial charge in [0.1, 0.15) is 5.69 Å². The van der Waals surface area contributed by atoms with E-state index in [-0.39, 0.29) is 5.41 Å². The first-order valence-corrected chi connectivity index (χ1v) is 8.49. The number of oxazole rings is 1. The average molecular weight is 340 g/mol. The Hall–Kier alpha value is -3.47. The number of hydrogen-bond acceptors (Lipinski definition) is 4. The molecule has 126 valence electrons. The van der Waals surface area contributed by atoms with Gasteiger partial charge in [-0.1, -0.05) is 48.6 Å². The third-order valence-electron chi connectivity index (χ3n) is 4.95. The van der Waals surface area contributed by atoms with Crippen LogP contribution in [0.4, 0.5) is 0 Å². The molecule has 26 heavy (non-hydrogen) atoms. The van der Waals surface area contributed by atoms with Crippen molar-refractivity contribution in [2.75, 3.05) is 0 Å². The van der Waals surface area contributed by atoms with Crippen molar-refractivity contribution < 1.29 is 4.42 Å². The minimum absolute atomic E-state index is 0.333. The van der Waals surface area contributed by atoms with Crippen LogP contribution in [0.1, 0.15) is 22.5 Å². The fourth-order valence-electron chi connectivity index (χ4n) is 3.67. The van der Waals surface area contributed by atoms with Crippen LogP contribution in [-0.2, 0) is 11.8 Å². The second kappa shape index (κ2) is 5.81. The number of nitrogens with zero attached hydrogens (tertiary/aromatic N) is 3. The van der Waals surface area contributed by atoms with Crippen molar-refractivity contribution in [3.63, 3.8) is 0 Å². The summed E-state index contributed by atoms with van der Waals surface area (Å²) in [6.45, 7) is 0. The molecular formula is C21H16N4O. The summed E-state index contributed by atoms with van der Waals surface area (Å²) in [5.74, 6) is 0.664. The number of H-pyrrole nitrogens is 1. The number of fused-ring (bicyclic) bond motifs is 1. The lowest BCUT2D eigenvalue weighted by atomic mass is 9.70. The van der Waals surface area contributed by atoms with E-state index in [4.69, 9.17) is 4.42 Å². The van der Waals surface area contributed by atoms with Crippen LogP contribution in [0.5, 0.6) is 0 Å². The Morgan fingerprint density at radius 1 is 1.04 bits per heavy atom. The van der Waals surface area contributed by atoms with Crippen molar-refractivity contribution in [3.05, 3.63) is 95.9 Å². The molecule has 0 saturated carbocycles. The van der Waals surface area contributed by atoms with Crippen LogP contribution in [0.2, 0.25) is 0 Å². The van der Waals surface area contributed by atoms with Crippen molar-refractivity contribution >= 4 is 6.08 Å². The number of hydrogen-bond donors (Lipinski definition) is 1. The molecule has 4 aromatic rings. The molecule has 3 aromatic heterocycles. The lowest BCUT2D eigenvalue weighted by Gasteiger charge is -2.33. The highest BCUT2D eigenvalue weighted by atomic mass is 16.3. The van der Waals surface area contributed by atoms with Crippen molar-refractivity contribution in [3.8, 4) is 11.5 Å². The van der Waals surface area contributed by atoms with Gasteiger partial charge in [0.05, 0.1) is 17.3 Å². The van der Waals surface area contributed by atoms with Gasteiger partial charge in [-0.2, -0.15) is 5.10 Å². The number of aromatic nitrogens is 4. The maximum Gasteiger partial charge on any atom is 0.181 e. The van der Waals surface area contributed by atoms with Gasteiger partial charge in [0.2, 0.25) is 0 Å². The van der Waals surface area contributed by atoms with E-state index in [1.165, 1.54) is 12.0 Å². The summed E-state index contributed by atoms with van der Waals surface area (Å²) in [5, 5.41) is 7.65. The molecule has 0 saturated heterocycles. The van der Waals surface area contributed by atoms with E-state index in [1.54, 1.807) is 6.20 Å². The zero-order chi connectivity index (χ0) is 17.4. The highest BCUT2D eigenvalue weighted by molar-refractivity contribution is 5.73. The number of allylic oxidation sites excluding steroid dienone is 1. The fraction of sp³-hybridized carbons (Fsp3) is 0.0952. The van der Waals surface area contributed by atoms with E-state index in [0.29, 0.717) is 5.76 Å². The predicted molar refractivity (Wildman–Crippen MR) is 98.3 cm³/mol. The SMILES string of the molecule is C1=CC(c2ccccc2)(c2ccccn2)Cc2[nH]nc(-c3cnco3)c21. The van der Waals surface area contributed by atoms with E-state index in [9.17, 15) is 0 Å². The Kier molecular flexibility index (Phi) is 3.31. The fourth-order valence-corrected chi connectivity index (χ4v) is 3.67. The highest BCUT2D eigenvalue weighted by Crippen LogP contribution is 2.42. The van der Waals surface area contributed by atoms with Crippen molar-refractivity contribution in [2.24, 2.45) is 0 Å². The third kappa shape index (κ3) is 2.21. The van der Waals surface area contributed by atoms with E-state index in [2.05, 4.69) is 62.6 Å². The minimum Gasteiger partial charge on any atom is -0.442 e. The molecule has 1 N–H and O–H groups in total. The van der Waals surface area contributed by atoms with Gasteiger partial charge in [0, 0.05) is 23.9 Å². The third-order valence-corrected chi connectivity index (χ3v) is 4.95. The molecule has 1 aliphatic carbocycles. The molecule has 1 unspecified atom stereocenters. The molecule has 0 radical (unpaired) electrons. The van der Waals surface area contributed by atoms with Crippen LogP contribution < -0.4 is 0 Å². The Balaban J connectivity index is 1.67. The molecule has 0 fully saturated rings. The summed E-state index contributed by atoms with van der Waals surface area (Å²) in [7, 11) is 0. The number of pyridine rings is 1. The Morgan fingerprint density at radius 2 is 1.92 bits per heavy atom. The molecule has 0 amide bonds. The van der Waals surface area contributed by atoms with Gasteiger partial charge in [-0.25, -0.2) is 4.98 Å². The monoisotopic (exact) mass is 340 g/mol. The first-order valence-electron chi connectivity index (χ1n) is 8.49. The largest absolute Gasteiger partial charge is 0.442 e. The highest BCUT2D eigenvalue weighted by Gasteiger charge is 2.37. The first kappa shape index (κ1) is 14.8. The summed E-state index contributed by atoms with van der Waals surface area (Å²) in [6, 6.07) is 16.5. The van der Waals surface area contributed by atoms with E-state index in [1.807, 2.05) is 24.4 Å².